The van der Waals surface area contributed by atoms with Gasteiger partial charge in [0.25, 0.3) is 0 Å². The molecule has 6 unspecified atom stereocenters. The maximum atomic E-state index is 12.9. The van der Waals surface area contributed by atoms with Crippen LogP contribution in [0.1, 0.15) is 101 Å². The molecule has 5 rings (SSSR count). The summed E-state index contributed by atoms with van der Waals surface area (Å²) in [5, 5.41) is 0. The quantitative estimate of drug-likeness (QED) is 0.508. The number of fused-ring (bicyclic) bond motifs is 4. The van der Waals surface area contributed by atoms with Crippen molar-refractivity contribution in [3.05, 3.63) is 35.4 Å². The minimum absolute atomic E-state index is 0.0321. The van der Waals surface area contributed by atoms with Gasteiger partial charge in [0.1, 0.15) is 12.2 Å². The van der Waals surface area contributed by atoms with Gasteiger partial charge in [-0.25, -0.2) is 9.59 Å². The average Bonchev–Trinajstić information content (AvgIpc) is 3.26. The molecule has 4 aliphatic rings. The molecular weight excluding hydrogens is 400 g/mol. The molecule has 0 amide bonds. The third kappa shape index (κ3) is 2.80. The van der Waals surface area contributed by atoms with Gasteiger partial charge < -0.3 is 9.47 Å². The van der Waals surface area contributed by atoms with Gasteiger partial charge in [-0.2, -0.15) is 0 Å². The molecular formula is C28H38O4. The second-order valence-corrected chi connectivity index (χ2v) is 12.6. The molecule has 4 aliphatic carbocycles. The van der Waals surface area contributed by atoms with Crippen LogP contribution >= 0.6 is 0 Å². The van der Waals surface area contributed by atoms with Crippen molar-refractivity contribution < 1.29 is 19.1 Å². The van der Waals surface area contributed by atoms with E-state index in [1.54, 1.807) is 24.3 Å². The molecule has 0 saturated heterocycles. The number of esters is 2. The summed E-state index contributed by atoms with van der Waals surface area (Å²) in [6.45, 7) is 13.8. The lowest BCUT2D eigenvalue weighted by atomic mass is 9.70. The smallest absolute Gasteiger partial charge is 0.338 e. The third-order valence-corrected chi connectivity index (χ3v) is 11.3. The molecule has 0 N–H and O–H groups in total. The van der Waals surface area contributed by atoms with Gasteiger partial charge in [-0.05, 0) is 85.5 Å². The van der Waals surface area contributed by atoms with Gasteiger partial charge in [-0.15, -0.1) is 0 Å². The Hall–Kier alpha value is -1.84. The molecule has 0 radical (unpaired) electrons. The van der Waals surface area contributed by atoms with Crippen molar-refractivity contribution in [1.82, 2.24) is 0 Å². The number of hydrogen-bond acceptors (Lipinski definition) is 4. The van der Waals surface area contributed by atoms with Crippen molar-refractivity contribution in [2.75, 3.05) is 0 Å². The highest BCUT2D eigenvalue weighted by Gasteiger charge is 2.64. The third-order valence-electron chi connectivity index (χ3n) is 11.3. The molecule has 4 saturated carbocycles. The van der Waals surface area contributed by atoms with E-state index in [1.807, 2.05) is 0 Å². The molecule has 0 heterocycles. The first-order valence-corrected chi connectivity index (χ1v) is 12.4. The summed E-state index contributed by atoms with van der Waals surface area (Å²) in [7, 11) is 0. The minimum atomic E-state index is -0.290. The Morgan fingerprint density at radius 1 is 0.688 bits per heavy atom. The van der Waals surface area contributed by atoms with Crippen LogP contribution in [-0.4, -0.2) is 24.1 Å². The second kappa shape index (κ2) is 6.84. The van der Waals surface area contributed by atoms with Gasteiger partial charge >= 0.3 is 11.9 Å². The summed E-state index contributed by atoms with van der Waals surface area (Å²) in [6.07, 6.45) is 6.54. The maximum Gasteiger partial charge on any atom is 0.338 e. The van der Waals surface area contributed by atoms with Crippen molar-refractivity contribution in [2.45, 2.75) is 92.3 Å². The van der Waals surface area contributed by atoms with E-state index in [4.69, 9.17) is 9.47 Å². The topological polar surface area (TPSA) is 52.6 Å². The first-order valence-electron chi connectivity index (χ1n) is 12.4. The molecule has 0 spiro atoms. The lowest BCUT2D eigenvalue weighted by Crippen LogP contribution is -2.38. The fraction of sp³-hybridized carbons (Fsp3) is 0.714. The molecule has 1 aromatic rings. The van der Waals surface area contributed by atoms with Crippen molar-refractivity contribution in [3.8, 4) is 0 Å². The predicted octanol–water partition coefficient (Wildman–Crippen LogP) is 6.43. The molecule has 4 heteroatoms. The molecule has 4 bridgehead atoms. The maximum absolute atomic E-state index is 12.9. The molecule has 0 aromatic heterocycles. The normalized spacial score (nSPS) is 40.4. The Bertz CT molecular complexity index is 868. The highest BCUT2D eigenvalue weighted by Crippen LogP contribution is 2.67. The zero-order valence-corrected chi connectivity index (χ0v) is 20.5. The number of hydrogen-bond donors (Lipinski definition) is 0. The highest BCUT2D eigenvalue weighted by atomic mass is 16.5. The van der Waals surface area contributed by atoms with E-state index < -0.39 is 0 Å². The average molecular weight is 439 g/mol. The number of benzene rings is 1. The SMILES string of the molecule is CC1(C)C2CCC1(C)C(OC(=O)c1ccc(C(=O)OC3CC4CCC3(C)C4(C)C)cc1)C2. The Balaban J connectivity index is 1.23. The van der Waals surface area contributed by atoms with E-state index in [0.29, 0.717) is 23.0 Å². The molecule has 4 nitrogen and oxygen atoms in total. The van der Waals surface area contributed by atoms with E-state index >= 15 is 0 Å². The minimum Gasteiger partial charge on any atom is -0.458 e. The van der Waals surface area contributed by atoms with Crippen molar-refractivity contribution in [1.29, 1.82) is 0 Å². The Kier molecular flexibility index (Phi) is 4.69. The van der Waals surface area contributed by atoms with Gasteiger partial charge in [0.15, 0.2) is 0 Å². The summed E-state index contributed by atoms with van der Waals surface area (Å²) in [4.78, 5) is 25.7. The van der Waals surface area contributed by atoms with Crippen molar-refractivity contribution in [3.63, 3.8) is 0 Å². The molecule has 4 fully saturated rings. The van der Waals surface area contributed by atoms with Crippen LogP contribution < -0.4 is 0 Å². The van der Waals surface area contributed by atoms with Crippen LogP contribution in [0.15, 0.2) is 24.3 Å². The van der Waals surface area contributed by atoms with Crippen molar-refractivity contribution in [2.24, 2.45) is 33.5 Å². The predicted molar refractivity (Wildman–Crippen MR) is 123 cm³/mol. The van der Waals surface area contributed by atoms with E-state index in [-0.39, 0.29) is 45.8 Å². The van der Waals surface area contributed by atoms with Crippen LogP contribution in [0.25, 0.3) is 0 Å². The van der Waals surface area contributed by atoms with Crippen LogP contribution in [0.3, 0.4) is 0 Å². The first kappa shape index (κ1) is 22.0. The zero-order chi connectivity index (χ0) is 23.1. The summed E-state index contributed by atoms with van der Waals surface area (Å²) in [5.74, 6) is 0.670. The van der Waals surface area contributed by atoms with E-state index in [1.165, 1.54) is 12.8 Å². The van der Waals surface area contributed by atoms with Crippen LogP contribution in [0.5, 0.6) is 0 Å². The Labute approximate surface area is 192 Å². The number of rotatable bonds is 4. The van der Waals surface area contributed by atoms with E-state index in [9.17, 15) is 9.59 Å². The Morgan fingerprint density at radius 2 is 1.03 bits per heavy atom. The fourth-order valence-electron chi connectivity index (χ4n) is 7.75. The van der Waals surface area contributed by atoms with E-state index in [0.717, 1.165) is 25.7 Å². The largest absolute Gasteiger partial charge is 0.458 e. The van der Waals surface area contributed by atoms with E-state index in [2.05, 4.69) is 41.5 Å². The summed E-state index contributed by atoms with van der Waals surface area (Å²) >= 11 is 0. The molecule has 174 valence electrons. The summed E-state index contributed by atoms with van der Waals surface area (Å²) in [5.41, 5.74) is 1.49. The Morgan fingerprint density at radius 3 is 1.28 bits per heavy atom. The van der Waals surface area contributed by atoms with Crippen LogP contribution in [0.2, 0.25) is 0 Å². The van der Waals surface area contributed by atoms with Crippen molar-refractivity contribution >= 4 is 11.9 Å². The molecule has 0 aliphatic heterocycles. The molecule has 1 aromatic carbocycles. The lowest BCUT2D eigenvalue weighted by molar-refractivity contribution is -0.0251. The van der Waals surface area contributed by atoms with Gasteiger partial charge in [0.2, 0.25) is 0 Å². The fourth-order valence-corrected chi connectivity index (χ4v) is 7.75. The number of carbonyl (C=O) groups is 2. The van der Waals surface area contributed by atoms with Gasteiger partial charge in [-0.1, -0.05) is 41.5 Å². The van der Waals surface area contributed by atoms with Crippen LogP contribution in [0, 0.1) is 33.5 Å². The van der Waals surface area contributed by atoms with Crippen LogP contribution in [-0.2, 0) is 9.47 Å². The lowest BCUT2D eigenvalue weighted by Gasteiger charge is -2.38. The standard InChI is InChI=1S/C28H38O4/c1-25(2)19-11-13-27(25,5)21(15-19)31-23(29)17-7-9-18(10-8-17)24(30)32-22-16-20-12-14-28(22,6)26(20,3)4/h7-10,19-22H,11-16H2,1-6H3. The van der Waals surface area contributed by atoms with Crippen LogP contribution in [0.4, 0.5) is 0 Å². The molecule has 32 heavy (non-hydrogen) atoms. The number of carbonyl (C=O) groups excluding carboxylic acids is 2. The highest BCUT2D eigenvalue weighted by molar-refractivity contribution is 5.93. The summed E-state index contributed by atoms with van der Waals surface area (Å²) in [6, 6.07) is 6.80. The zero-order valence-electron chi connectivity index (χ0n) is 20.5. The monoisotopic (exact) mass is 438 g/mol. The van der Waals surface area contributed by atoms with Gasteiger partial charge in [0, 0.05) is 10.8 Å². The second-order valence-electron chi connectivity index (χ2n) is 12.6. The first-order chi connectivity index (χ1) is 14.9. The van der Waals surface area contributed by atoms with Gasteiger partial charge in [0.05, 0.1) is 11.1 Å². The summed E-state index contributed by atoms with van der Waals surface area (Å²) < 4.78 is 12.0. The van der Waals surface area contributed by atoms with Gasteiger partial charge in [-0.3, -0.25) is 0 Å². The number of ether oxygens (including phenoxy) is 2. The molecule has 6 atom stereocenters.